The average molecular weight is 252 g/mol. The Morgan fingerprint density at radius 3 is 2.78 bits per heavy atom. The van der Waals surface area contributed by atoms with Crippen LogP contribution in [0, 0.1) is 5.82 Å². The van der Waals surface area contributed by atoms with E-state index >= 15 is 0 Å². The number of unbranched alkanes of at least 4 members (excludes halogenated alkanes) is 1. The lowest BCUT2D eigenvalue weighted by Gasteiger charge is -2.16. The van der Waals surface area contributed by atoms with Crippen LogP contribution in [0.25, 0.3) is 0 Å². The molecule has 0 atom stereocenters. The standard InChI is InChI=1S/C14H21FN2O/c1-3-4-9-16-14(18)11-17(2)10-12-7-5-6-8-13(12)15/h5-8H,3-4,9-11H2,1-2H3,(H,16,18). The molecule has 100 valence electrons. The van der Waals surface area contributed by atoms with Gasteiger partial charge in [0.1, 0.15) is 5.82 Å². The maximum atomic E-state index is 13.4. The van der Waals surface area contributed by atoms with Crippen molar-refractivity contribution in [3.8, 4) is 0 Å². The topological polar surface area (TPSA) is 32.3 Å². The van der Waals surface area contributed by atoms with Gasteiger partial charge in [-0.2, -0.15) is 0 Å². The highest BCUT2D eigenvalue weighted by atomic mass is 19.1. The Morgan fingerprint density at radius 2 is 2.11 bits per heavy atom. The predicted octanol–water partition coefficient (Wildman–Crippen LogP) is 2.17. The minimum atomic E-state index is -0.226. The third-order valence-electron chi connectivity index (χ3n) is 2.66. The van der Waals surface area contributed by atoms with Crippen LogP contribution < -0.4 is 5.32 Å². The van der Waals surface area contributed by atoms with Gasteiger partial charge in [0.15, 0.2) is 0 Å². The fourth-order valence-corrected chi connectivity index (χ4v) is 1.68. The average Bonchev–Trinajstić information content (AvgIpc) is 2.32. The highest BCUT2D eigenvalue weighted by Gasteiger charge is 2.08. The van der Waals surface area contributed by atoms with Crippen LogP contribution in [-0.2, 0) is 11.3 Å². The molecular formula is C14H21FN2O. The second-order valence-electron chi connectivity index (χ2n) is 4.47. The number of benzene rings is 1. The van der Waals surface area contributed by atoms with Gasteiger partial charge in [0.25, 0.3) is 0 Å². The van der Waals surface area contributed by atoms with Crippen LogP contribution in [-0.4, -0.2) is 30.9 Å². The van der Waals surface area contributed by atoms with Crippen LogP contribution in [0.15, 0.2) is 24.3 Å². The molecule has 0 fully saturated rings. The molecule has 1 rings (SSSR count). The Balaban J connectivity index is 2.35. The van der Waals surface area contributed by atoms with Gasteiger partial charge in [-0.25, -0.2) is 4.39 Å². The van der Waals surface area contributed by atoms with Crippen molar-refractivity contribution in [2.45, 2.75) is 26.3 Å². The number of carbonyl (C=O) groups is 1. The Bertz CT molecular complexity index is 382. The molecule has 0 spiro atoms. The first-order valence-electron chi connectivity index (χ1n) is 6.32. The molecule has 0 radical (unpaired) electrons. The zero-order valence-corrected chi connectivity index (χ0v) is 11.1. The van der Waals surface area contributed by atoms with Crippen molar-refractivity contribution in [2.24, 2.45) is 0 Å². The molecule has 0 saturated heterocycles. The molecule has 0 aliphatic carbocycles. The van der Waals surface area contributed by atoms with Crippen LogP contribution in [0.2, 0.25) is 0 Å². The van der Waals surface area contributed by atoms with E-state index in [4.69, 9.17) is 0 Å². The quantitative estimate of drug-likeness (QED) is 0.754. The van der Waals surface area contributed by atoms with Gasteiger partial charge in [-0.05, 0) is 19.5 Å². The minimum absolute atomic E-state index is 0.0118. The monoisotopic (exact) mass is 252 g/mol. The molecule has 18 heavy (non-hydrogen) atoms. The number of hydrogen-bond acceptors (Lipinski definition) is 2. The number of likely N-dealkylation sites (N-methyl/N-ethyl adjacent to an activating group) is 1. The Hall–Kier alpha value is -1.42. The summed E-state index contributed by atoms with van der Waals surface area (Å²) in [4.78, 5) is 13.4. The normalized spacial score (nSPS) is 10.7. The van der Waals surface area contributed by atoms with Gasteiger partial charge in [0.05, 0.1) is 6.54 Å². The van der Waals surface area contributed by atoms with Gasteiger partial charge in [-0.15, -0.1) is 0 Å². The van der Waals surface area contributed by atoms with Crippen LogP contribution in [0.4, 0.5) is 4.39 Å². The first-order chi connectivity index (χ1) is 8.63. The summed E-state index contributed by atoms with van der Waals surface area (Å²) in [7, 11) is 1.81. The van der Waals surface area contributed by atoms with Crippen molar-refractivity contribution in [1.29, 1.82) is 0 Å². The van der Waals surface area contributed by atoms with Crippen LogP contribution in [0.5, 0.6) is 0 Å². The van der Waals surface area contributed by atoms with E-state index in [1.54, 1.807) is 23.1 Å². The Morgan fingerprint density at radius 1 is 1.39 bits per heavy atom. The summed E-state index contributed by atoms with van der Waals surface area (Å²) in [6.07, 6.45) is 2.05. The summed E-state index contributed by atoms with van der Waals surface area (Å²) >= 11 is 0. The molecule has 1 aromatic rings. The van der Waals surface area contributed by atoms with Crippen LogP contribution in [0.3, 0.4) is 0 Å². The number of halogens is 1. The summed E-state index contributed by atoms with van der Waals surface area (Å²) in [6, 6.07) is 6.63. The molecule has 0 aromatic heterocycles. The Kier molecular flexibility index (Phi) is 6.36. The van der Waals surface area contributed by atoms with Crippen molar-refractivity contribution >= 4 is 5.91 Å². The second-order valence-corrected chi connectivity index (χ2v) is 4.47. The van der Waals surface area contributed by atoms with E-state index < -0.39 is 0 Å². The molecule has 0 unspecified atom stereocenters. The van der Waals surface area contributed by atoms with Gasteiger partial charge in [0.2, 0.25) is 5.91 Å². The van der Waals surface area contributed by atoms with Crippen molar-refractivity contribution in [3.63, 3.8) is 0 Å². The molecule has 0 aliphatic rings. The van der Waals surface area contributed by atoms with E-state index in [9.17, 15) is 9.18 Å². The number of nitrogens with zero attached hydrogens (tertiary/aromatic N) is 1. The van der Waals surface area contributed by atoms with E-state index in [-0.39, 0.29) is 18.3 Å². The number of amides is 1. The highest BCUT2D eigenvalue weighted by molar-refractivity contribution is 5.77. The molecule has 1 aromatic carbocycles. The summed E-state index contributed by atoms with van der Waals surface area (Å²) in [5, 5.41) is 2.84. The number of carbonyl (C=O) groups excluding carboxylic acids is 1. The van der Waals surface area contributed by atoms with Crippen molar-refractivity contribution in [3.05, 3.63) is 35.6 Å². The molecule has 0 aliphatic heterocycles. The van der Waals surface area contributed by atoms with Gasteiger partial charge in [-0.3, -0.25) is 9.69 Å². The number of rotatable bonds is 7. The lowest BCUT2D eigenvalue weighted by molar-refractivity contribution is -0.122. The minimum Gasteiger partial charge on any atom is -0.355 e. The zero-order chi connectivity index (χ0) is 13.4. The largest absolute Gasteiger partial charge is 0.355 e. The number of nitrogens with one attached hydrogen (secondary N) is 1. The fraction of sp³-hybridized carbons (Fsp3) is 0.500. The molecular weight excluding hydrogens is 231 g/mol. The second kappa shape index (κ2) is 7.82. The molecule has 0 bridgehead atoms. The lowest BCUT2D eigenvalue weighted by Crippen LogP contribution is -2.35. The highest BCUT2D eigenvalue weighted by Crippen LogP contribution is 2.08. The van der Waals surface area contributed by atoms with E-state index in [1.807, 2.05) is 7.05 Å². The predicted molar refractivity (Wildman–Crippen MR) is 70.7 cm³/mol. The summed E-state index contributed by atoms with van der Waals surface area (Å²) in [6.45, 7) is 3.52. The lowest BCUT2D eigenvalue weighted by atomic mass is 10.2. The van der Waals surface area contributed by atoms with Gasteiger partial charge < -0.3 is 5.32 Å². The molecule has 3 nitrogen and oxygen atoms in total. The van der Waals surface area contributed by atoms with Crippen LogP contribution in [0.1, 0.15) is 25.3 Å². The third kappa shape index (κ3) is 5.27. The summed E-state index contributed by atoms with van der Waals surface area (Å²) < 4.78 is 13.4. The van der Waals surface area contributed by atoms with E-state index in [2.05, 4.69) is 12.2 Å². The first kappa shape index (κ1) is 14.6. The van der Waals surface area contributed by atoms with Crippen molar-refractivity contribution < 1.29 is 9.18 Å². The Labute approximate surface area is 108 Å². The van der Waals surface area contributed by atoms with E-state index in [1.165, 1.54) is 6.07 Å². The molecule has 1 amide bonds. The van der Waals surface area contributed by atoms with Gasteiger partial charge in [0, 0.05) is 18.7 Å². The van der Waals surface area contributed by atoms with Gasteiger partial charge >= 0.3 is 0 Å². The van der Waals surface area contributed by atoms with Crippen molar-refractivity contribution in [1.82, 2.24) is 10.2 Å². The molecule has 0 heterocycles. The summed E-state index contributed by atoms with van der Waals surface area (Å²) in [5.74, 6) is -0.238. The zero-order valence-electron chi connectivity index (χ0n) is 11.1. The fourth-order valence-electron chi connectivity index (χ4n) is 1.68. The first-order valence-corrected chi connectivity index (χ1v) is 6.32. The summed E-state index contributed by atoms with van der Waals surface area (Å²) in [5.41, 5.74) is 0.612. The number of hydrogen-bond donors (Lipinski definition) is 1. The third-order valence-corrected chi connectivity index (χ3v) is 2.66. The van der Waals surface area contributed by atoms with Crippen molar-refractivity contribution in [2.75, 3.05) is 20.1 Å². The van der Waals surface area contributed by atoms with Crippen LogP contribution >= 0.6 is 0 Å². The molecule has 4 heteroatoms. The SMILES string of the molecule is CCCCNC(=O)CN(C)Cc1ccccc1F. The molecule has 0 saturated carbocycles. The van der Waals surface area contributed by atoms with E-state index in [0.29, 0.717) is 18.7 Å². The maximum absolute atomic E-state index is 13.4. The van der Waals surface area contributed by atoms with Gasteiger partial charge in [-0.1, -0.05) is 31.5 Å². The van der Waals surface area contributed by atoms with E-state index in [0.717, 1.165) is 12.8 Å². The maximum Gasteiger partial charge on any atom is 0.234 e. The molecule has 1 N–H and O–H groups in total. The smallest absolute Gasteiger partial charge is 0.234 e.